The zero-order chi connectivity index (χ0) is 24.7. The monoisotopic (exact) mass is 524 g/mol. The molecule has 6 N–H and O–H groups in total. The number of H-pyrrole nitrogens is 1. The zero-order valence-electron chi connectivity index (χ0n) is 16.9. The Bertz CT molecular complexity index is 1110. The van der Waals surface area contributed by atoms with E-state index in [-0.39, 0.29) is 12.0 Å². The van der Waals surface area contributed by atoms with Crippen LogP contribution in [-0.2, 0) is 31.6 Å². The van der Waals surface area contributed by atoms with Crippen LogP contribution >= 0.6 is 23.5 Å². The average Bonchev–Trinajstić information content (AvgIpc) is 2.85. The fourth-order valence-corrected chi connectivity index (χ4v) is 6.22. The molecule has 1 aromatic heterocycles. The van der Waals surface area contributed by atoms with E-state index in [1.54, 1.807) is 0 Å². The Morgan fingerprint density at radius 1 is 1.16 bits per heavy atom. The first-order chi connectivity index (χ1) is 14.4. The number of nitrogens with one attached hydrogen (secondary N) is 1. The molecule has 19 heteroatoms. The molecule has 32 heavy (non-hydrogen) atoms. The highest BCUT2D eigenvalue weighted by atomic mass is 31.3. The van der Waals surface area contributed by atoms with Gasteiger partial charge in [-0.05, 0) is 13.3 Å². The van der Waals surface area contributed by atoms with Gasteiger partial charge < -0.3 is 29.4 Å². The van der Waals surface area contributed by atoms with Crippen LogP contribution in [0.4, 0.5) is 0 Å². The second-order valence-electron chi connectivity index (χ2n) is 7.07. The van der Waals surface area contributed by atoms with Gasteiger partial charge in [-0.1, -0.05) is 13.8 Å². The van der Waals surface area contributed by atoms with E-state index in [4.69, 9.17) is 14.5 Å². The number of aromatic nitrogens is 2. The van der Waals surface area contributed by atoms with Crippen molar-refractivity contribution in [2.75, 3.05) is 6.61 Å². The lowest BCUT2D eigenvalue weighted by Gasteiger charge is -2.31. The molecule has 1 aromatic rings. The highest BCUT2D eigenvalue weighted by Gasteiger charge is 2.54. The van der Waals surface area contributed by atoms with Crippen molar-refractivity contribution >= 4 is 23.5 Å². The van der Waals surface area contributed by atoms with E-state index in [0.717, 1.165) is 4.57 Å². The third-order valence-corrected chi connectivity index (χ3v) is 8.53. The van der Waals surface area contributed by atoms with Gasteiger partial charge in [0, 0.05) is 17.7 Å². The molecular formula is C13H23N2O14P3. The molecule has 2 rings (SSSR count). The Morgan fingerprint density at radius 2 is 1.75 bits per heavy atom. The maximum Gasteiger partial charge on any atom is 0.490 e. The maximum absolute atomic E-state index is 12.2. The fourth-order valence-electron chi connectivity index (χ4n) is 3.15. The van der Waals surface area contributed by atoms with E-state index in [1.165, 1.54) is 27.0 Å². The predicted octanol–water partition coefficient (Wildman–Crippen LogP) is -0.137. The van der Waals surface area contributed by atoms with Crippen molar-refractivity contribution in [2.45, 2.75) is 45.1 Å². The summed E-state index contributed by atoms with van der Waals surface area (Å²) in [5.74, 6) is -0.789. The van der Waals surface area contributed by atoms with Crippen molar-refractivity contribution < 1.29 is 56.3 Å². The number of aryl methyl sites for hydroxylation is 1. The molecule has 1 aliphatic heterocycles. The molecule has 0 aliphatic carbocycles. The smallest absolute Gasteiger partial charge is 0.390 e. The van der Waals surface area contributed by atoms with Crippen LogP contribution in [-0.4, -0.2) is 52.5 Å². The zero-order valence-corrected chi connectivity index (χ0v) is 19.6. The van der Waals surface area contributed by atoms with Crippen LogP contribution in [0.15, 0.2) is 15.8 Å². The largest absolute Gasteiger partial charge is 0.490 e. The summed E-state index contributed by atoms with van der Waals surface area (Å²) in [5, 5.41) is 10.7. The summed E-state index contributed by atoms with van der Waals surface area (Å²) in [5.41, 5.74) is -2.98. The van der Waals surface area contributed by atoms with Crippen LogP contribution in [0.25, 0.3) is 0 Å². The molecule has 0 amide bonds. The number of aliphatic hydroxyl groups is 1. The number of nitrogens with zero attached hydrogens (tertiary/aromatic N) is 1. The lowest BCUT2D eigenvalue weighted by atomic mass is 9.89. The van der Waals surface area contributed by atoms with Crippen LogP contribution in [0.1, 0.15) is 32.1 Å². The summed E-state index contributed by atoms with van der Waals surface area (Å²) in [6.45, 7) is 3.56. The first kappa shape index (κ1) is 27.3. The minimum atomic E-state index is -5.72. The molecule has 2 heterocycles. The molecule has 6 unspecified atom stereocenters. The minimum absolute atomic E-state index is 0.0398. The number of hydrogen-bond acceptors (Lipinski definition) is 10. The molecule has 6 atom stereocenters. The standard InChI is InChI=1S/C13H23N2O14P3/c1-4-13(6-26-31(22,23)29-32(24,25)28-30(19,20)21)9(16)8(3)11(27-13)15-5-7(2)10(17)14-12(15)18/h5,8-9,11,16H,4,6H2,1-3H3,(H,22,23)(H,24,25)(H,14,17,18)(H2,19,20,21). The maximum atomic E-state index is 12.2. The molecule has 1 aliphatic rings. The van der Waals surface area contributed by atoms with Gasteiger partial charge in [-0.25, -0.2) is 18.5 Å². The molecule has 1 fully saturated rings. The minimum Gasteiger partial charge on any atom is -0.390 e. The molecule has 184 valence electrons. The lowest BCUT2D eigenvalue weighted by Crippen LogP contribution is -2.44. The normalized spacial score (nSPS) is 30.1. The number of phosphoric ester groups is 1. The van der Waals surface area contributed by atoms with E-state index in [0.29, 0.717) is 0 Å². The molecule has 0 radical (unpaired) electrons. The molecule has 0 saturated carbocycles. The van der Waals surface area contributed by atoms with Gasteiger partial charge in [-0.15, -0.1) is 0 Å². The summed E-state index contributed by atoms with van der Waals surface area (Å²) in [6.07, 6.45) is -1.34. The predicted molar refractivity (Wildman–Crippen MR) is 104 cm³/mol. The summed E-state index contributed by atoms with van der Waals surface area (Å²) in [7, 11) is -16.7. The van der Waals surface area contributed by atoms with Gasteiger partial charge in [-0.3, -0.25) is 18.9 Å². The molecule has 0 aromatic carbocycles. The lowest BCUT2D eigenvalue weighted by molar-refractivity contribution is -0.128. The van der Waals surface area contributed by atoms with Gasteiger partial charge in [0.25, 0.3) is 5.56 Å². The van der Waals surface area contributed by atoms with E-state index < -0.39 is 65.2 Å². The Kier molecular flexibility index (Phi) is 7.95. The summed E-state index contributed by atoms with van der Waals surface area (Å²) >= 11 is 0. The average molecular weight is 524 g/mol. The SMILES string of the molecule is CCC1(COP(=O)(O)OP(=O)(O)OP(=O)(O)O)OC(n2cc(C)c(=O)[nH]c2=O)C(C)C1O. The van der Waals surface area contributed by atoms with Crippen molar-refractivity contribution in [3.8, 4) is 0 Å². The third kappa shape index (κ3) is 6.32. The molecule has 16 nitrogen and oxygen atoms in total. The molecular weight excluding hydrogens is 501 g/mol. The molecule has 1 saturated heterocycles. The highest BCUT2D eigenvalue weighted by molar-refractivity contribution is 7.66. The van der Waals surface area contributed by atoms with Gasteiger partial charge in [0.2, 0.25) is 0 Å². The number of aromatic amines is 1. The van der Waals surface area contributed by atoms with Gasteiger partial charge >= 0.3 is 29.2 Å². The second-order valence-corrected chi connectivity index (χ2v) is 11.5. The van der Waals surface area contributed by atoms with E-state index in [2.05, 4.69) is 18.1 Å². The molecule has 0 spiro atoms. The van der Waals surface area contributed by atoms with Crippen LogP contribution in [0, 0.1) is 12.8 Å². The van der Waals surface area contributed by atoms with Gasteiger partial charge in [0.05, 0.1) is 12.7 Å². The number of phosphoric acid groups is 3. The van der Waals surface area contributed by atoms with Gasteiger partial charge in [0.1, 0.15) is 11.8 Å². The van der Waals surface area contributed by atoms with Crippen molar-refractivity contribution in [3.63, 3.8) is 0 Å². The first-order valence-corrected chi connectivity index (χ1v) is 13.4. The summed E-state index contributed by atoms with van der Waals surface area (Å²) in [4.78, 5) is 61.9. The first-order valence-electron chi connectivity index (χ1n) is 8.88. The molecule has 0 bridgehead atoms. The number of hydrogen-bond donors (Lipinski definition) is 6. The van der Waals surface area contributed by atoms with Crippen molar-refractivity contribution in [2.24, 2.45) is 5.92 Å². The van der Waals surface area contributed by atoms with Gasteiger partial charge in [0.15, 0.2) is 0 Å². The Morgan fingerprint density at radius 3 is 2.28 bits per heavy atom. The topological polar surface area (TPSA) is 244 Å². The van der Waals surface area contributed by atoms with E-state index >= 15 is 0 Å². The Balaban J connectivity index is 2.25. The van der Waals surface area contributed by atoms with Crippen LogP contribution in [0.2, 0.25) is 0 Å². The highest BCUT2D eigenvalue weighted by Crippen LogP contribution is 2.66. The van der Waals surface area contributed by atoms with Crippen molar-refractivity contribution in [3.05, 3.63) is 32.6 Å². The summed E-state index contributed by atoms with van der Waals surface area (Å²) < 4.78 is 52.9. The number of ether oxygens (including phenoxy) is 1. The van der Waals surface area contributed by atoms with Crippen molar-refractivity contribution in [1.29, 1.82) is 0 Å². The van der Waals surface area contributed by atoms with Crippen LogP contribution < -0.4 is 11.2 Å². The fraction of sp³-hybridized carbons (Fsp3) is 0.692. The van der Waals surface area contributed by atoms with E-state index in [9.17, 15) is 38.2 Å². The third-order valence-electron chi connectivity index (χ3n) is 4.75. The Labute approximate surface area is 180 Å². The number of aliphatic hydroxyl groups excluding tert-OH is 1. The van der Waals surface area contributed by atoms with Crippen LogP contribution in [0.5, 0.6) is 0 Å². The van der Waals surface area contributed by atoms with Crippen LogP contribution in [0.3, 0.4) is 0 Å². The second kappa shape index (κ2) is 9.34. The Hall–Kier alpha value is -0.990. The van der Waals surface area contributed by atoms with Gasteiger partial charge in [-0.2, -0.15) is 8.62 Å². The number of rotatable bonds is 9. The van der Waals surface area contributed by atoms with E-state index in [1.807, 2.05) is 0 Å². The van der Waals surface area contributed by atoms with Crippen molar-refractivity contribution in [1.82, 2.24) is 9.55 Å². The quantitative estimate of drug-likeness (QED) is 0.230. The summed E-state index contributed by atoms with van der Waals surface area (Å²) in [6, 6.07) is 0.